The van der Waals surface area contributed by atoms with Gasteiger partial charge in [-0.2, -0.15) is 9.97 Å². The summed E-state index contributed by atoms with van der Waals surface area (Å²) in [5, 5.41) is 26.8. The van der Waals surface area contributed by atoms with Crippen molar-refractivity contribution in [2.75, 3.05) is 57.6 Å². The van der Waals surface area contributed by atoms with Crippen molar-refractivity contribution < 1.29 is 28.8 Å². The van der Waals surface area contributed by atoms with E-state index in [1.54, 1.807) is 18.3 Å². The third-order valence-electron chi connectivity index (χ3n) is 10.6. The van der Waals surface area contributed by atoms with Crippen molar-refractivity contribution in [3.63, 3.8) is 0 Å². The SMILES string of the molecule is C1CCOCC1.CC.CCc1cccc2cc(O)cc(-c3ncc4c(N5CCOCC(O)C5)nc(OCC56CCCNC5CCC6)nc4c3F)c12. The van der Waals surface area contributed by atoms with Crippen LogP contribution in [0.2, 0.25) is 0 Å². The molecule has 8 rings (SSSR count). The number of anilines is 1. The van der Waals surface area contributed by atoms with Gasteiger partial charge in [0, 0.05) is 49.5 Å². The maximum atomic E-state index is 16.8. The molecule has 51 heavy (non-hydrogen) atoms. The van der Waals surface area contributed by atoms with Crippen LogP contribution in [0.5, 0.6) is 11.8 Å². The minimum absolute atomic E-state index is 0.0162. The van der Waals surface area contributed by atoms with E-state index in [9.17, 15) is 10.2 Å². The molecule has 0 radical (unpaired) electrons. The van der Waals surface area contributed by atoms with E-state index in [-0.39, 0.29) is 41.5 Å². The molecule has 3 N–H and O–H groups in total. The number of rotatable bonds is 6. The number of aromatic nitrogens is 3. The van der Waals surface area contributed by atoms with Gasteiger partial charge in [0.25, 0.3) is 0 Å². The lowest BCUT2D eigenvalue weighted by Gasteiger charge is -2.39. The number of phenols is 1. The number of hydrogen-bond acceptors (Lipinski definition) is 10. The molecule has 0 spiro atoms. The second-order valence-corrected chi connectivity index (χ2v) is 13.9. The second kappa shape index (κ2) is 17.3. The molecule has 3 aliphatic heterocycles. The summed E-state index contributed by atoms with van der Waals surface area (Å²) in [6, 6.07) is 9.62. The number of β-amino-alcohol motifs (C(OH)–C–C–N with tert-alkyl or cyclic N) is 1. The quantitative estimate of drug-likeness (QED) is 0.194. The highest BCUT2D eigenvalue weighted by Gasteiger charge is 2.45. The average molecular weight is 704 g/mol. The van der Waals surface area contributed by atoms with Gasteiger partial charge in [-0.1, -0.05) is 45.4 Å². The van der Waals surface area contributed by atoms with Crippen LogP contribution in [-0.4, -0.2) is 90.0 Å². The summed E-state index contributed by atoms with van der Waals surface area (Å²) in [6.45, 7) is 10.9. The van der Waals surface area contributed by atoms with E-state index in [2.05, 4.69) is 15.3 Å². The Balaban J connectivity index is 0.000000502. The molecule has 5 heterocycles. The Bertz CT molecular complexity index is 1760. The zero-order chi connectivity index (χ0) is 35.8. The number of ether oxygens (including phenoxy) is 3. The van der Waals surface area contributed by atoms with E-state index in [0.29, 0.717) is 42.6 Å². The van der Waals surface area contributed by atoms with Gasteiger partial charge in [0.1, 0.15) is 22.8 Å². The first-order valence-electron chi connectivity index (χ1n) is 19.0. The molecule has 3 saturated heterocycles. The summed E-state index contributed by atoms with van der Waals surface area (Å²) in [5.74, 6) is -0.110. The number of fused-ring (bicyclic) bond motifs is 3. The Labute approximate surface area is 300 Å². The summed E-state index contributed by atoms with van der Waals surface area (Å²) in [5.41, 5.74) is 1.76. The molecule has 0 bridgehead atoms. The predicted molar refractivity (Wildman–Crippen MR) is 199 cm³/mol. The molecule has 0 amide bonds. The minimum Gasteiger partial charge on any atom is -0.508 e. The van der Waals surface area contributed by atoms with Gasteiger partial charge in [-0.3, -0.25) is 4.98 Å². The first kappa shape index (κ1) is 37.1. The molecule has 1 aliphatic carbocycles. The molecule has 1 saturated carbocycles. The number of aromatic hydroxyl groups is 1. The van der Waals surface area contributed by atoms with E-state index in [0.717, 1.165) is 74.6 Å². The second-order valence-electron chi connectivity index (χ2n) is 13.9. The number of piperidine rings is 1. The van der Waals surface area contributed by atoms with E-state index < -0.39 is 11.9 Å². The summed E-state index contributed by atoms with van der Waals surface area (Å²) in [4.78, 5) is 15.9. The monoisotopic (exact) mass is 703 g/mol. The highest BCUT2D eigenvalue weighted by atomic mass is 19.1. The fourth-order valence-electron chi connectivity index (χ4n) is 8.08. The molecule has 276 valence electrons. The number of nitrogens with zero attached hydrogens (tertiary/aromatic N) is 4. The average Bonchev–Trinajstić information content (AvgIpc) is 3.48. The van der Waals surface area contributed by atoms with E-state index >= 15 is 4.39 Å². The Morgan fingerprint density at radius 3 is 2.63 bits per heavy atom. The normalized spacial score (nSPS) is 23.4. The molecule has 4 aromatic rings. The molecule has 3 atom stereocenters. The fraction of sp³-hybridized carbons (Fsp3) is 0.575. The highest BCUT2D eigenvalue weighted by Crippen LogP contribution is 2.45. The zero-order valence-corrected chi connectivity index (χ0v) is 30.4. The lowest BCUT2D eigenvalue weighted by molar-refractivity contribution is 0.0597. The van der Waals surface area contributed by atoms with Gasteiger partial charge in [0.2, 0.25) is 0 Å². The number of pyridine rings is 1. The first-order chi connectivity index (χ1) is 25.0. The molecule has 4 aliphatic rings. The largest absolute Gasteiger partial charge is 0.508 e. The lowest BCUT2D eigenvalue weighted by atomic mass is 9.76. The van der Waals surface area contributed by atoms with E-state index in [1.165, 1.54) is 19.3 Å². The Morgan fingerprint density at radius 2 is 1.86 bits per heavy atom. The van der Waals surface area contributed by atoms with Crippen LogP contribution in [-0.2, 0) is 15.9 Å². The van der Waals surface area contributed by atoms with Crippen LogP contribution in [0, 0.1) is 11.2 Å². The van der Waals surface area contributed by atoms with Crippen LogP contribution in [0.25, 0.3) is 32.9 Å². The van der Waals surface area contributed by atoms with Crippen molar-refractivity contribution in [1.82, 2.24) is 20.3 Å². The van der Waals surface area contributed by atoms with Gasteiger partial charge < -0.3 is 34.6 Å². The van der Waals surface area contributed by atoms with Crippen molar-refractivity contribution in [1.29, 1.82) is 0 Å². The lowest BCUT2D eigenvalue weighted by Crippen LogP contribution is -2.49. The van der Waals surface area contributed by atoms with Gasteiger partial charge in [0.05, 0.1) is 31.3 Å². The Hall–Kier alpha value is -3.64. The zero-order valence-electron chi connectivity index (χ0n) is 30.4. The number of phenolic OH excluding ortho intramolecular Hbond substituents is 1. The van der Waals surface area contributed by atoms with Crippen molar-refractivity contribution in [3.8, 4) is 23.0 Å². The highest BCUT2D eigenvalue weighted by molar-refractivity contribution is 6.01. The minimum atomic E-state index is -0.716. The molecular weight excluding hydrogens is 649 g/mol. The van der Waals surface area contributed by atoms with Crippen LogP contribution in [0.1, 0.15) is 77.7 Å². The van der Waals surface area contributed by atoms with E-state index in [4.69, 9.17) is 19.2 Å². The predicted octanol–water partition coefficient (Wildman–Crippen LogP) is 6.96. The molecule has 11 heteroatoms. The van der Waals surface area contributed by atoms with Crippen LogP contribution >= 0.6 is 0 Å². The van der Waals surface area contributed by atoms with Crippen LogP contribution in [0.15, 0.2) is 36.5 Å². The number of aliphatic hydroxyl groups is 1. The third-order valence-corrected chi connectivity index (χ3v) is 10.6. The van der Waals surface area contributed by atoms with Gasteiger partial charge in [-0.05, 0) is 86.4 Å². The number of aryl methyl sites for hydroxylation is 1. The standard InChI is InChI=1S/C33H38FN5O4.C5H10O.C2H6/c1-2-20-6-3-7-21-14-22(40)15-24(27(20)21)29-28(34)30-25(16-36-29)31(39-12-13-42-18-23(41)17-39)38-32(37-30)43-19-33-9-4-8-26(33)35-11-5-10-33;1-2-4-6-5-3-1;1-2/h3,6-7,14-16,23,26,35,40-41H,2,4-5,8-13,17-19H2,1H3;1-5H2;1-2H3. The summed E-state index contributed by atoms with van der Waals surface area (Å²) >= 11 is 0. The molecule has 2 aromatic heterocycles. The summed E-state index contributed by atoms with van der Waals surface area (Å²) < 4.78 is 33.7. The van der Waals surface area contributed by atoms with Crippen molar-refractivity contribution in [2.24, 2.45) is 5.41 Å². The van der Waals surface area contributed by atoms with Gasteiger partial charge >= 0.3 is 6.01 Å². The molecule has 4 fully saturated rings. The number of nitrogens with one attached hydrogen (secondary N) is 1. The van der Waals surface area contributed by atoms with Gasteiger partial charge in [0.15, 0.2) is 5.82 Å². The molecule has 2 aromatic carbocycles. The van der Waals surface area contributed by atoms with Crippen LogP contribution in [0.4, 0.5) is 10.2 Å². The van der Waals surface area contributed by atoms with Gasteiger partial charge in [-0.25, -0.2) is 4.39 Å². The number of halogens is 1. The molecular formula is C40H54FN5O5. The van der Waals surface area contributed by atoms with Crippen molar-refractivity contribution in [3.05, 3.63) is 47.9 Å². The fourth-order valence-corrected chi connectivity index (χ4v) is 8.08. The smallest absolute Gasteiger partial charge is 0.319 e. The summed E-state index contributed by atoms with van der Waals surface area (Å²) in [7, 11) is 0. The Kier molecular flexibility index (Phi) is 12.6. The number of hydrogen-bond donors (Lipinski definition) is 3. The number of benzene rings is 2. The van der Waals surface area contributed by atoms with Crippen LogP contribution in [0.3, 0.4) is 0 Å². The van der Waals surface area contributed by atoms with Crippen LogP contribution < -0.4 is 15.0 Å². The maximum Gasteiger partial charge on any atom is 0.319 e. The molecule has 3 unspecified atom stereocenters. The maximum absolute atomic E-state index is 16.8. The third kappa shape index (κ3) is 8.22. The summed E-state index contributed by atoms with van der Waals surface area (Å²) in [6.07, 6.45) is 11.1. The van der Waals surface area contributed by atoms with Crippen molar-refractivity contribution in [2.45, 2.75) is 90.7 Å². The Morgan fingerprint density at radius 1 is 1.04 bits per heavy atom. The first-order valence-corrected chi connectivity index (χ1v) is 19.0. The van der Waals surface area contributed by atoms with Gasteiger partial charge in [-0.15, -0.1) is 0 Å². The van der Waals surface area contributed by atoms with E-state index in [1.807, 2.05) is 43.9 Å². The molecule has 10 nitrogen and oxygen atoms in total. The van der Waals surface area contributed by atoms with Crippen molar-refractivity contribution >= 4 is 27.5 Å². The number of aliphatic hydroxyl groups excluding tert-OH is 1. The topological polar surface area (TPSA) is 122 Å².